The Labute approximate surface area is 88.1 Å². The molecule has 0 aromatic heterocycles. The second-order valence-corrected chi connectivity index (χ2v) is 4.80. The van der Waals surface area contributed by atoms with Crippen LogP contribution in [-0.4, -0.2) is 22.5 Å². The van der Waals surface area contributed by atoms with Crippen LogP contribution < -0.4 is 0 Å². The summed E-state index contributed by atoms with van der Waals surface area (Å²) in [5.74, 6) is 0.976. The van der Waals surface area contributed by atoms with Gasteiger partial charge in [0, 0.05) is 5.71 Å². The zero-order valence-corrected chi connectivity index (χ0v) is 9.14. The number of hydrogen-bond donors (Lipinski definition) is 0. The van der Waals surface area contributed by atoms with E-state index in [1.54, 1.807) is 11.8 Å². The van der Waals surface area contributed by atoms with E-state index in [2.05, 4.69) is 9.98 Å². The molecule has 76 valence electrons. The van der Waals surface area contributed by atoms with Crippen LogP contribution in [0, 0.1) is 5.92 Å². The van der Waals surface area contributed by atoms with E-state index < -0.39 is 0 Å². The highest BCUT2D eigenvalue weighted by Crippen LogP contribution is 2.27. The minimum absolute atomic E-state index is 0.0185. The van der Waals surface area contributed by atoms with Gasteiger partial charge in [0.2, 0.25) is 0 Å². The molecule has 1 heterocycles. The quantitative estimate of drug-likeness (QED) is 0.666. The normalized spacial score (nSPS) is 26.6. The van der Waals surface area contributed by atoms with Crippen molar-refractivity contribution < 1.29 is 4.79 Å². The van der Waals surface area contributed by atoms with Gasteiger partial charge in [-0.05, 0) is 25.0 Å². The molecule has 0 saturated heterocycles. The first kappa shape index (κ1) is 9.90. The van der Waals surface area contributed by atoms with Gasteiger partial charge >= 0.3 is 0 Å². The van der Waals surface area contributed by atoms with E-state index in [9.17, 15) is 4.79 Å². The minimum Gasteiger partial charge on any atom is -0.272 e. The summed E-state index contributed by atoms with van der Waals surface area (Å²) in [6.45, 7) is 2.05. The first-order valence-corrected chi connectivity index (χ1v) is 6.12. The predicted octanol–water partition coefficient (Wildman–Crippen LogP) is 2.27. The topological polar surface area (TPSA) is 41.8 Å². The second-order valence-electron chi connectivity index (χ2n) is 3.57. The standard InChI is InChI=1S/C10H14N2OS/c1-2-14-10-11-8-6-4-3-5-7(8)9(13)12-10/h7H,2-6H2,1H3. The molecular formula is C10H14N2OS. The first-order chi connectivity index (χ1) is 6.81. The summed E-state index contributed by atoms with van der Waals surface area (Å²) in [5.41, 5.74) is 1.08. The van der Waals surface area contributed by atoms with Crippen molar-refractivity contribution in [2.24, 2.45) is 15.9 Å². The highest BCUT2D eigenvalue weighted by atomic mass is 32.2. The van der Waals surface area contributed by atoms with Gasteiger partial charge in [-0.2, -0.15) is 4.99 Å². The van der Waals surface area contributed by atoms with Gasteiger partial charge in [-0.1, -0.05) is 25.1 Å². The monoisotopic (exact) mass is 210 g/mol. The van der Waals surface area contributed by atoms with Gasteiger partial charge in [0.1, 0.15) is 0 Å². The summed E-state index contributed by atoms with van der Waals surface area (Å²) in [4.78, 5) is 20.1. The fourth-order valence-corrected chi connectivity index (χ4v) is 2.50. The summed E-state index contributed by atoms with van der Waals surface area (Å²) < 4.78 is 0. The Morgan fingerprint density at radius 1 is 1.43 bits per heavy atom. The summed E-state index contributed by atoms with van der Waals surface area (Å²) in [6, 6.07) is 0. The summed E-state index contributed by atoms with van der Waals surface area (Å²) in [5, 5.41) is 0.672. The third kappa shape index (κ3) is 1.90. The second kappa shape index (κ2) is 4.26. The zero-order chi connectivity index (χ0) is 9.97. The fraction of sp³-hybridized carbons (Fsp3) is 0.700. The summed E-state index contributed by atoms with van der Waals surface area (Å²) >= 11 is 1.55. The van der Waals surface area contributed by atoms with Gasteiger partial charge in [0.15, 0.2) is 5.17 Å². The Morgan fingerprint density at radius 3 is 3.07 bits per heavy atom. The molecule has 3 nitrogen and oxygen atoms in total. The van der Waals surface area contributed by atoms with Crippen molar-refractivity contribution in [1.82, 2.24) is 0 Å². The molecule has 1 fully saturated rings. The Bertz CT molecular complexity index is 309. The van der Waals surface area contributed by atoms with Crippen molar-refractivity contribution in [1.29, 1.82) is 0 Å². The largest absolute Gasteiger partial charge is 0.272 e. The number of hydrogen-bond acceptors (Lipinski definition) is 3. The Hall–Kier alpha value is -0.640. The third-order valence-corrected chi connectivity index (χ3v) is 3.32. The Kier molecular flexibility index (Phi) is 3.01. The number of thioether (sulfide) groups is 1. The van der Waals surface area contributed by atoms with E-state index in [0.717, 1.165) is 30.7 Å². The molecular weight excluding hydrogens is 196 g/mol. The van der Waals surface area contributed by atoms with Crippen LogP contribution in [0.3, 0.4) is 0 Å². The van der Waals surface area contributed by atoms with Gasteiger partial charge in [0.05, 0.1) is 5.92 Å². The van der Waals surface area contributed by atoms with Crippen LogP contribution in [0.2, 0.25) is 0 Å². The van der Waals surface area contributed by atoms with Crippen molar-refractivity contribution >= 4 is 28.5 Å². The fourth-order valence-electron chi connectivity index (χ4n) is 1.91. The molecule has 1 saturated carbocycles. The average molecular weight is 210 g/mol. The van der Waals surface area contributed by atoms with E-state index in [4.69, 9.17) is 0 Å². The molecule has 1 aliphatic heterocycles. The smallest absolute Gasteiger partial charge is 0.256 e. The minimum atomic E-state index is 0.0185. The van der Waals surface area contributed by atoms with Gasteiger partial charge in [0.25, 0.3) is 5.91 Å². The van der Waals surface area contributed by atoms with Crippen LogP contribution in [0.25, 0.3) is 0 Å². The molecule has 0 aromatic rings. The zero-order valence-electron chi connectivity index (χ0n) is 8.32. The highest BCUT2D eigenvalue weighted by molar-refractivity contribution is 8.13. The number of nitrogens with zero attached hydrogens (tertiary/aromatic N) is 2. The number of fused-ring (bicyclic) bond motifs is 1. The predicted molar refractivity (Wildman–Crippen MR) is 60.0 cm³/mol. The molecule has 14 heavy (non-hydrogen) atoms. The highest BCUT2D eigenvalue weighted by Gasteiger charge is 2.30. The van der Waals surface area contributed by atoms with Crippen molar-refractivity contribution in [3.05, 3.63) is 0 Å². The van der Waals surface area contributed by atoms with Gasteiger partial charge in [-0.15, -0.1) is 0 Å². The van der Waals surface area contributed by atoms with E-state index in [1.807, 2.05) is 6.92 Å². The molecule has 0 aromatic carbocycles. The van der Waals surface area contributed by atoms with Crippen molar-refractivity contribution in [3.8, 4) is 0 Å². The maximum Gasteiger partial charge on any atom is 0.256 e. The lowest BCUT2D eigenvalue weighted by Gasteiger charge is -2.24. The van der Waals surface area contributed by atoms with E-state index in [-0.39, 0.29) is 11.8 Å². The lowest BCUT2D eigenvalue weighted by Crippen LogP contribution is -2.30. The molecule has 1 unspecified atom stereocenters. The number of carbonyl (C=O) groups is 1. The first-order valence-electron chi connectivity index (χ1n) is 5.14. The molecule has 0 N–H and O–H groups in total. The Morgan fingerprint density at radius 2 is 2.29 bits per heavy atom. The maximum atomic E-state index is 11.6. The summed E-state index contributed by atoms with van der Waals surface area (Å²) in [7, 11) is 0. The molecule has 0 bridgehead atoms. The molecule has 4 heteroatoms. The van der Waals surface area contributed by atoms with Gasteiger partial charge < -0.3 is 0 Å². The molecule has 2 rings (SSSR count). The molecule has 2 aliphatic rings. The molecule has 0 radical (unpaired) electrons. The van der Waals surface area contributed by atoms with E-state index >= 15 is 0 Å². The number of amidine groups is 1. The lowest BCUT2D eigenvalue weighted by molar-refractivity contribution is -0.120. The van der Waals surface area contributed by atoms with Crippen molar-refractivity contribution in [3.63, 3.8) is 0 Å². The van der Waals surface area contributed by atoms with Crippen molar-refractivity contribution in [2.45, 2.75) is 32.6 Å². The van der Waals surface area contributed by atoms with Crippen LogP contribution in [0.15, 0.2) is 9.98 Å². The van der Waals surface area contributed by atoms with Crippen LogP contribution in [-0.2, 0) is 4.79 Å². The van der Waals surface area contributed by atoms with Crippen LogP contribution >= 0.6 is 11.8 Å². The molecule has 0 spiro atoms. The average Bonchev–Trinajstić information content (AvgIpc) is 2.18. The Balaban J connectivity index is 2.18. The lowest BCUT2D eigenvalue weighted by atomic mass is 9.86. The maximum absolute atomic E-state index is 11.6. The number of aliphatic imine (C=N–C) groups is 2. The van der Waals surface area contributed by atoms with Crippen LogP contribution in [0.1, 0.15) is 32.6 Å². The van der Waals surface area contributed by atoms with Crippen LogP contribution in [0.4, 0.5) is 0 Å². The molecule has 1 aliphatic carbocycles. The molecule has 1 amide bonds. The number of rotatable bonds is 1. The third-order valence-electron chi connectivity index (χ3n) is 2.59. The summed E-state index contributed by atoms with van der Waals surface area (Å²) in [6.07, 6.45) is 4.25. The van der Waals surface area contributed by atoms with Gasteiger partial charge in [-0.25, -0.2) is 4.99 Å². The van der Waals surface area contributed by atoms with Crippen LogP contribution in [0.5, 0.6) is 0 Å². The van der Waals surface area contributed by atoms with Crippen molar-refractivity contribution in [2.75, 3.05) is 5.75 Å². The van der Waals surface area contributed by atoms with E-state index in [0.29, 0.717) is 5.17 Å². The van der Waals surface area contributed by atoms with E-state index in [1.165, 1.54) is 6.42 Å². The van der Waals surface area contributed by atoms with Gasteiger partial charge in [-0.3, -0.25) is 4.79 Å². The number of carbonyl (C=O) groups excluding carboxylic acids is 1. The molecule has 1 atom stereocenters. The number of amides is 1. The SMILES string of the molecule is CCSC1=NC(=O)C2CCCCC2=N1.